The summed E-state index contributed by atoms with van der Waals surface area (Å²) in [6, 6.07) is 18.1. The molecule has 5 heteroatoms. The third kappa shape index (κ3) is 4.45. The molecule has 0 aliphatic rings. The second-order valence-corrected chi connectivity index (χ2v) is 6.72. The Balaban J connectivity index is 1.70. The first-order valence-corrected chi connectivity index (χ1v) is 8.89. The molecule has 25 heavy (non-hydrogen) atoms. The molecule has 1 atom stereocenters. The molecule has 1 amide bonds. The standard InChI is InChI=1S/C20H19FN2OS/c1-14-9-10-16(21)12-17(14)22-13-19(24)23-20(18-8-5-11-25-18)15-6-3-2-4-7-15/h2-12,20,22H,13H2,1H3,(H,23,24)/t20-/m0/s1. The second kappa shape index (κ2) is 7.94. The van der Waals surface area contributed by atoms with E-state index in [0.717, 1.165) is 16.0 Å². The number of amides is 1. The SMILES string of the molecule is Cc1ccc(F)cc1NCC(=O)N[C@@H](c1ccccc1)c1cccs1. The minimum atomic E-state index is -0.325. The summed E-state index contributed by atoms with van der Waals surface area (Å²) in [5.41, 5.74) is 2.55. The van der Waals surface area contributed by atoms with Crippen LogP contribution in [0.5, 0.6) is 0 Å². The van der Waals surface area contributed by atoms with Gasteiger partial charge in [0.1, 0.15) is 5.82 Å². The van der Waals surface area contributed by atoms with E-state index in [9.17, 15) is 9.18 Å². The number of carbonyl (C=O) groups excluding carboxylic acids is 1. The van der Waals surface area contributed by atoms with Crippen LogP contribution in [0.1, 0.15) is 22.0 Å². The van der Waals surface area contributed by atoms with Crippen molar-refractivity contribution in [3.8, 4) is 0 Å². The second-order valence-electron chi connectivity index (χ2n) is 5.74. The van der Waals surface area contributed by atoms with Gasteiger partial charge in [-0.3, -0.25) is 4.79 Å². The zero-order valence-electron chi connectivity index (χ0n) is 13.8. The van der Waals surface area contributed by atoms with Crippen LogP contribution >= 0.6 is 11.3 Å². The molecule has 0 spiro atoms. The Morgan fingerprint density at radius 3 is 2.64 bits per heavy atom. The number of benzene rings is 2. The fourth-order valence-corrected chi connectivity index (χ4v) is 3.39. The van der Waals surface area contributed by atoms with E-state index >= 15 is 0 Å². The highest BCUT2D eigenvalue weighted by Crippen LogP contribution is 2.25. The number of rotatable bonds is 6. The average molecular weight is 354 g/mol. The Hall–Kier alpha value is -2.66. The van der Waals surface area contributed by atoms with Crippen molar-refractivity contribution >= 4 is 22.9 Å². The molecule has 0 saturated heterocycles. The maximum atomic E-state index is 13.3. The Bertz CT molecular complexity index is 834. The third-order valence-corrected chi connectivity index (χ3v) is 4.84. The first-order valence-electron chi connectivity index (χ1n) is 8.01. The molecule has 1 heterocycles. The van der Waals surface area contributed by atoms with Crippen LogP contribution in [0.15, 0.2) is 66.0 Å². The predicted molar refractivity (Wildman–Crippen MR) is 100 cm³/mol. The van der Waals surface area contributed by atoms with E-state index in [0.29, 0.717) is 5.69 Å². The average Bonchev–Trinajstić information content (AvgIpc) is 3.15. The Kier molecular flexibility index (Phi) is 5.46. The van der Waals surface area contributed by atoms with Crippen LogP contribution in [0.25, 0.3) is 0 Å². The fourth-order valence-electron chi connectivity index (χ4n) is 2.59. The Morgan fingerprint density at radius 2 is 1.92 bits per heavy atom. The van der Waals surface area contributed by atoms with Crippen LogP contribution in [0.2, 0.25) is 0 Å². The van der Waals surface area contributed by atoms with Crippen molar-refractivity contribution in [3.05, 3.63) is 87.9 Å². The molecule has 128 valence electrons. The molecule has 0 aliphatic carbocycles. The molecule has 2 N–H and O–H groups in total. The van der Waals surface area contributed by atoms with Crippen LogP contribution in [0, 0.1) is 12.7 Å². The van der Waals surface area contributed by atoms with Gasteiger partial charge in [0.25, 0.3) is 0 Å². The molecule has 3 nitrogen and oxygen atoms in total. The monoisotopic (exact) mass is 354 g/mol. The van der Waals surface area contributed by atoms with Gasteiger partial charge in [0.2, 0.25) is 5.91 Å². The van der Waals surface area contributed by atoms with Gasteiger partial charge in [-0.15, -0.1) is 11.3 Å². The van der Waals surface area contributed by atoms with Crippen molar-refractivity contribution in [2.24, 2.45) is 0 Å². The smallest absolute Gasteiger partial charge is 0.240 e. The summed E-state index contributed by atoms with van der Waals surface area (Å²) in [6.45, 7) is 1.96. The summed E-state index contributed by atoms with van der Waals surface area (Å²) in [7, 11) is 0. The molecule has 2 aromatic carbocycles. The van der Waals surface area contributed by atoms with Crippen molar-refractivity contribution in [3.63, 3.8) is 0 Å². The minimum Gasteiger partial charge on any atom is -0.376 e. The number of anilines is 1. The highest BCUT2D eigenvalue weighted by Gasteiger charge is 2.17. The molecule has 1 aromatic heterocycles. The Morgan fingerprint density at radius 1 is 1.12 bits per heavy atom. The van der Waals surface area contributed by atoms with Crippen LogP contribution in [-0.4, -0.2) is 12.5 Å². The summed E-state index contributed by atoms with van der Waals surface area (Å²) in [6.07, 6.45) is 0. The minimum absolute atomic E-state index is 0.0823. The molecule has 0 saturated carbocycles. The van der Waals surface area contributed by atoms with Crippen LogP contribution < -0.4 is 10.6 Å². The highest BCUT2D eigenvalue weighted by molar-refractivity contribution is 7.10. The lowest BCUT2D eigenvalue weighted by Crippen LogP contribution is -2.33. The van der Waals surface area contributed by atoms with Crippen molar-refractivity contribution < 1.29 is 9.18 Å². The van der Waals surface area contributed by atoms with Crippen LogP contribution in [0.3, 0.4) is 0 Å². The summed E-state index contributed by atoms with van der Waals surface area (Å²) in [4.78, 5) is 13.5. The zero-order chi connectivity index (χ0) is 17.6. The van der Waals surface area contributed by atoms with Gasteiger partial charge in [-0.05, 0) is 41.6 Å². The van der Waals surface area contributed by atoms with Crippen molar-refractivity contribution in [2.45, 2.75) is 13.0 Å². The van der Waals surface area contributed by atoms with E-state index in [1.165, 1.54) is 12.1 Å². The largest absolute Gasteiger partial charge is 0.376 e. The van der Waals surface area contributed by atoms with Crippen molar-refractivity contribution in [2.75, 3.05) is 11.9 Å². The molecule has 0 radical (unpaired) electrons. The lowest BCUT2D eigenvalue weighted by Gasteiger charge is -2.19. The quantitative estimate of drug-likeness (QED) is 0.684. The fraction of sp³-hybridized carbons (Fsp3) is 0.150. The van der Waals surface area contributed by atoms with Crippen LogP contribution in [0.4, 0.5) is 10.1 Å². The lowest BCUT2D eigenvalue weighted by atomic mass is 10.1. The van der Waals surface area contributed by atoms with Crippen molar-refractivity contribution in [1.29, 1.82) is 0 Å². The lowest BCUT2D eigenvalue weighted by molar-refractivity contribution is -0.119. The van der Waals surface area contributed by atoms with E-state index in [1.807, 2.05) is 54.8 Å². The summed E-state index contributed by atoms with van der Waals surface area (Å²) in [5.74, 6) is -0.472. The van der Waals surface area contributed by atoms with Gasteiger partial charge in [0, 0.05) is 10.6 Å². The van der Waals surface area contributed by atoms with E-state index in [1.54, 1.807) is 17.4 Å². The maximum Gasteiger partial charge on any atom is 0.240 e. The van der Waals surface area contributed by atoms with Crippen LogP contribution in [-0.2, 0) is 4.79 Å². The zero-order valence-corrected chi connectivity index (χ0v) is 14.6. The topological polar surface area (TPSA) is 41.1 Å². The number of thiophene rings is 1. The van der Waals surface area contributed by atoms with E-state index in [-0.39, 0.29) is 24.3 Å². The van der Waals surface area contributed by atoms with Gasteiger partial charge in [0.05, 0.1) is 12.6 Å². The van der Waals surface area contributed by atoms with E-state index in [2.05, 4.69) is 10.6 Å². The first-order chi connectivity index (χ1) is 12.1. The summed E-state index contributed by atoms with van der Waals surface area (Å²) < 4.78 is 13.3. The van der Waals surface area contributed by atoms with Gasteiger partial charge in [-0.25, -0.2) is 4.39 Å². The third-order valence-electron chi connectivity index (χ3n) is 3.90. The molecule has 0 fully saturated rings. The molecular weight excluding hydrogens is 335 g/mol. The van der Waals surface area contributed by atoms with E-state index < -0.39 is 0 Å². The highest BCUT2D eigenvalue weighted by atomic mass is 32.1. The molecule has 3 aromatic rings. The number of hydrogen-bond donors (Lipinski definition) is 2. The van der Waals surface area contributed by atoms with Gasteiger partial charge >= 0.3 is 0 Å². The molecule has 0 bridgehead atoms. The summed E-state index contributed by atoms with van der Waals surface area (Å²) >= 11 is 1.60. The number of carbonyl (C=O) groups is 1. The maximum absolute atomic E-state index is 13.3. The molecular formula is C20H19FN2OS. The molecule has 0 unspecified atom stereocenters. The van der Waals surface area contributed by atoms with E-state index in [4.69, 9.17) is 0 Å². The Labute approximate surface area is 150 Å². The number of hydrogen-bond acceptors (Lipinski definition) is 3. The molecule has 3 rings (SSSR count). The van der Waals surface area contributed by atoms with Gasteiger partial charge in [-0.2, -0.15) is 0 Å². The molecule has 0 aliphatic heterocycles. The van der Waals surface area contributed by atoms with Crippen molar-refractivity contribution in [1.82, 2.24) is 5.32 Å². The first kappa shape index (κ1) is 17.2. The van der Waals surface area contributed by atoms with Gasteiger partial charge in [-0.1, -0.05) is 42.5 Å². The van der Waals surface area contributed by atoms with Gasteiger partial charge < -0.3 is 10.6 Å². The normalized spacial score (nSPS) is 11.8. The predicted octanol–water partition coefficient (Wildman–Crippen LogP) is 4.51. The van der Waals surface area contributed by atoms with Gasteiger partial charge in [0.15, 0.2) is 0 Å². The summed E-state index contributed by atoms with van der Waals surface area (Å²) in [5, 5.41) is 8.05. The number of nitrogens with one attached hydrogen (secondary N) is 2. The number of aryl methyl sites for hydroxylation is 1. The number of halogens is 1.